The van der Waals surface area contributed by atoms with E-state index in [1.165, 1.54) is 0 Å². The standard InChI is InChI=1S/C13H28O5SSi.C12H28O4SSi/c1-5-16-20(17-6-2,18-7-3)10-8-9-19-11-12(4)13(14)15;1-5-14-18(15-6-2,16-7-3)10-8-9-17-11-12(4)13/h12H,5-11H2,1-4H3,(H,14,15);12-13H,5-11H2,1-4H3. The van der Waals surface area contributed by atoms with Gasteiger partial charge in [-0.2, -0.15) is 23.5 Å². The average molecular weight is 621 g/mol. The molecule has 38 heavy (non-hydrogen) atoms. The minimum absolute atomic E-state index is 0.234. The van der Waals surface area contributed by atoms with Gasteiger partial charge in [0.25, 0.3) is 0 Å². The van der Waals surface area contributed by atoms with E-state index in [1.54, 1.807) is 30.4 Å². The number of thioether (sulfide) groups is 2. The first-order chi connectivity index (χ1) is 18.1. The monoisotopic (exact) mass is 620 g/mol. The Labute approximate surface area is 243 Å². The molecule has 0 fully saturated rings. The normalized spacial score (nSPS) is 13.6. The molecule has 0 heterocycles. The van der Waals surface area contributed by atoms with Gasteiger partial charge in [-0.25, -0.2) is 0 Å². The fourth-order valence-corrected chi connectivity index (χ4v) is 11.0. The largest absolute Gasteiger partial charge is 0.500 e. The summed E-state index contributed by atoms with van der Waals surface area (Å²) in [6, 6.07) is 1.65. The molecule has 0 aliphatic carbocycles. The van der Waals surface area contributed by atoms with Crippen molar-refractivity contribution in [3.63, 3.8) is 0 Å². The Morgan fingerprint density at radius 3 is 1.24 bits per heavy atom. The number of carbonyl (C=O) groups is 1. The molecule has 0 saturated carbocycles. The smallest absolute Gasteiger partial charge is 0.481 e. The molecule has 0 aliphatic rings. The van der Waals surface area contributed by atoms with Gasteiger partial charge < -0.3 is 36.8 Å². The lowest BCUT2D eigenvalue weighted by molar-refractivity contribution is -0.140. The molecule has 0 saturated heterocycles. The van der Waals surface area contributed by atoms with Crippen LogP contribution >= 0.6 is 23.5 Å². The summed E-state index contributed by atoms with van der Waals surface area (Å²) in [5.74, 6) is 2.30. The molecule has 13 heteroatoms. The quantitative estimate of drug-likeness (QED) is 0.101. The third kappa shape index (κ3) is 21.1. The van der Waals surface area contributed by atoms with Gasteiger partial charge in [-0.1, -0.05) is 6.92 Å². The first-order valence-electron chi connectivity index (χ1n) is 14.0. The fourth-order valence-electron chi connectivity index (χ4n) is 3.37. The maximum atomic E-state index is 10.7. The third-order valence-electron chi connectivity index (χ3n) is 4.88. The van der Waals surface area contributed by atoms with Gasteiger partial charge in [-0.15, -0.1) is 0 Å². The SMILES string of the molecule is CCO[Si](CCCSCC(C)C(=O)O)(OCC)OCC.CCO[Si](CCCSCC(C)O)(OCC)OCC. The molecular weight excluding hydrogens is 565 g/mol. The number of aliphatic hydroxyl groups is 1. The molecule has 2 atom stereocenters. The van der Waals surface area contributed by atoms with Gasteiger partial charge >= 0.3 is 23.6 Å². The summed E-state index contributed by atoms with van der Waals surface area (Å²) in [6.07, 6.45) is 1.69. The highest BCUT2D eigenvalue weighted by molar-refractivity contribution is 7.99. The summed E-state index contributed by atoms with van der Waals surface area (Å²) >= 11 is 3.42. The predicted octanol–water partition coefficient (Wildman–Crippen LogP) is 5.42. The van der Waals surface area contributed by atoms with Gasteiger partial charge in [-0.05, 0) is 72.8 Å². The molecule has 230 valence electrons. The fraction of sp³-hybridized carbons (Fsp3) is 0.960. The highest BCUT2D eigenvalue weighted by Crippen LogP contribution is 2.21. The van der Waals surface area contributed by atoms with E-state index in [1.807, 2.05) is 48.5 Å². The van der Waals surface area contributed by atoms with Crippen LogP contribution in [-0.4, -0.2) is 103 Å². The summed E-state index contributed by atoms with van der Waals surface area (Å²) in [6.45, 7) is 19.0. The Morgan fingerprint density at radius 1 is 0.658 bits per heavy atom. The molecule has 0 bridgehead atoms. The van der Waals surface area contributed by atoms with Crippen LogP contribution in [0, 0.1) is 5.92 Å². The van der Waals surface area contributed by atoms with E-state index in [4.69, 9.17) is 31.7 Å². The summed E-state index contributed by atoms with van der Waals surface area (Å²) in [7, 11) is -4.97. The van der Waals surface area contributed by atoms with Crippen LogP contribution in [-0.2, 0) is 31.4 Å². The van der Waals surface area contributed by atoms with Gasteiger partial charge in [-0.3, -0.25) is 4.79 Å². The minimum atomic E-state index is -2.52. The summed E-state index contributed by atoms with van der Waals surface area (Å²) < 4.78 is 34.6. The second-order valence-electron chi connectivity index (χ2n) is 8.41. The van der Waals surface area contributed by atoms with Crippen LogP contribution in [0.15, 0.2) is 0 Å². The maximum Gasteiger partial charge on any atom is 0.500 e. The van der Waals surface area contributed by atoms with Crippen molar-refractivity contribution in [1.82, 2.24) is 0 Å². The molecule has 0 spiro atoms. The zero-order valence-corrected chi connectivity index (χ0v) is 28.8. The van der Waals surface area contributed by atoms with Crippen LogP contribution in [0.2, 0.25) is 12.1 Å². The topological polar surface area (TPSA) is 113 Å². The lowest BCUT2D eigenvalue weighted by Crippen LogP contribution is -2.46. The van der Waals surface area contributed by atoms with Crippen LogP contribution in [0.25, 0.3) is 0 Å². The van der Waals surface area contributed by atoms with Crippen molar-refractivity contribution < 1.29 is 41.6 Å². The zero-order valence-electron chi connectivity index (χ0n) is 25.1. The third-order valence-corrected chi connectivity index (χ3v) is 13.8. The van der Waals surface area contributed by atoms with Crippen LogP contribution in [0.5, 0.6) is 0 Å². The Kier molecular flexibility index (Phi) is 27.9. The summed E-state index contributed by atoms with van der Waals surface area (Å²) in [5.41, 5.74) is 0. The van der Waals surface area contributed by atoms with Crippen molar-refractivity contribution in [2.75, 3.05) is 62.7 Å². The average Bonchev–Trinajstić information content (AvgIpc) is 2.84. The number of carboxylic acid groups (broad SMARTS) is 1. The van der Waals surface area contributed by atoms with Crippen LogP contribution in [0.3, 0.4) is 0 Å². The van der Waals surface area contributed by atoms with Crippen LogP contribution in [0.1, 0.15) is 68.2 Å². The Balaban J connectivity index is 0. The second-order valence-corrected chi connectivity index (χ2v) is 16.2. The molecule has 2 N–H and O–H groups in total. The molecule has 0 amide bonds. The Morgan fingerprint density at radius 2 is 0.974 bits per heavy atom. The molecule has 0 aromatic carbocycles. The Bertz CT molecular complexity index is 515. The van der Waals surface area contributed by atoms with E-state index in [-0.39, 0.29) is 12.0 Å². The van der Waals surface area contributed by atoms with E-state index in [0.29, 0.717) is 45.4 Å². The molecule has 9 nitrogen and oxygen atoms in total. The van der Waals surface area contributed by atoms with Gasteiger partial charge in [0.2, 0.25) is 0 Å². The molecule has 0 rings (SSSR count). The molecule has 0 aromatic heterocycles. The number of hydrogen-bond acceptors (Lipinski definition) is 10. The number of aliphatic hydroxyl groups excluding tert-OH is 1. The first kappa shape index (κ1) is 40.5. The van der Waals surface area contributed by atoms with Crippen LogP contribution < -0.4 is 0 Å². The van der Waals surface area contributed by atoms with Gasteiger partial charge in [0.05, 0.1) is 12.0 Å². The minimum Gasteiger partial charge on any atom is -0.481 e. The van der Waals surface area contributed by atoms with E-state index in [0.717, 1.165) is 42.2 Å². The van der Waals surface area contributed by atoms with Gasteiger partial charge in [0.15, 0.2) is 0 Å². The van der Waals surface area contributed by atoms with Crippen molar-refractivity contribution in [1.29, 1.82) is 0 Å². The predicted molar refractivity (Wildman–Crippen MR) is 163 cm³/mol. The number of rotatable bonds is 25. The van der Waals surface area contributed by atoms with E-state index in [9.17, 15) is 9.90 Å². The number of aliphatic carboxylic acids is 1. The molecule has 0 aromatic rings. The summed E-state index contributed by atoms with van der Waals surface area (Å²) in [4.78, 5) is 10.7. The van der Waals surface area contributed by atoms with Crippen molar-refractivity contribution in [2.24, 2.45) is 5.92 Å². The Hall–Kier alpha value is 0.324. The van der Waals surface area contributed by atoms with Gasteiger partial charge in [0, 0.05) is 63.2 Å². The van der Waals surface area contributed by atoms with Gasteiger partial charge in [0.1, 0.15) is 0 Å². The molecular formula is C25H56O9S2Si2. The van der Waals surface area contributed by atoms with Crippen molar-refractivity contribution in [2.45, 2.75) is 86.4 Å². The number of hydrogen-bond donors (Lipinski definition) is 2. The van der Waals surface area contributed by atoms with Crippen molar-refractivity contribution >= 4 is 47.1 Å². The van der Waals surface area contributed by atoms with Crippen LogP contribution in [0.4, 0.5) is 0 Å². The molecule has 2 unspecified atom stereocenters. The second kappa shape index (κ2) is 26.2. The first-order valence-corrected chi connectivity index (χ1v) is 20.2. The van der Waals surface area contributed by atoms with E-state index >= 15 is 0 Å². The lowest BCUT2D eigenvalue weighted by Gasteiger charge is -2.28. The number of carboxylic acids is 1. The highest BCUT2D eigenvalue weighted by atomic mass is 32.2. The van der Waals surface area contributed by atoms with E-state index < -0.39 is 23.6 Å². The summed E-state index contributed by atoms with van der Waals surface area (Å²) in [5, 5.41) is 18.0. The highest BCUT2D eigenvalue weighted by Gasteiger charge is 2.40. The maximum absolute atomic E-state index is 10.7. The van der Waals surface area contributed by atoms with E-state index in [2.05, 4.69) is 0 Å². The molecule has 0 aliphatic heterocycles. The molecule has 0 radical (unpaired) electrons. The van der Waals surface area contributed by atoms with Crippen molar-refractivity contribution in [3.05, 3.63) is 0 Å². The zero-order chi connectivity index (χ0) is 29.3. The lowest BCUT2D eigenvalue weighted by atomic mass is 10.2. The van der Waals surface area contributed by atoms with Crippen molar-refractivity contribution in [3.8, 4) is 0 Å².